The van der Waals surface area contributed by atoms with E-state index in [1.807, 2.05) is 18.7 Å². The number of nitrogens with one attached hydrogen (secondary N) is 1. The molecule has 0 bridgehead atoms. The van der Waals surface area contributed by atoms with Crippen LogP contribution >= 0.6 is 0 Å². The first-order valence-corrected chi connectivity index (χ1v) is 5.87. The molecule has 1 fully saturated rings. The van der Waals surface area contributed by atoms with Crippen LogP contribution in [0, 0.1) is 0 Å². The summed E-state index contributed by atoms with van der Waals surface area (Å²) in [4.78, 5) is 13.7. The summed E-state index contributed by atoms with van der Waals surface area (Å²) < 4.78 is 5.17. The van der Waals surface area contributed by atoms with E-state index >= 15 is 0 Å². The van der Waals surface area contributed by atoms with Crippen molar-refractivity contribution >= 4 is 5.91 Å². The number of hydrogen-bond acceptors (Lipinski definition) is 3. The highest BCUT2D eigenvalue weighted by atomic mass is 16.5. The highest BCUT2D eigenvalue weighted by Gasteiger charge is 2.30. The maximum absolute atomic E-state index is 11.7. The van der Waals surface area contributed by atoms with E-state index in [1.165, 1.54) is 12.8 Å². The third kappa shape index (κ3) is 4.62. The second-order valence-corrected chi connectivity index (χ2v) is 3.78. The smallest absolute Gasteiger partial charge is 0.236 e. The third-order valence-electron chi connectivity index (χ3n) is 2.55. The topological polar surface area (TPSA) is 41.6 Å². The van der Waals surface area contributed by atoms with Crippen molar-refractivity contribution in [2.75, 3.05) is 32.8 Å². The maximum Gasteiger partial charge on any atom is 0.236 e. The normalized spacial score (nSPS) is 15.3. The van der Waals surface area contributed by atoms with Gasteiger partial charge < -0.3 is 15.0 Å². The number of rotatable bonds is 8. The number of nitrogens with zero attached hydrogens (tertiary/aromatic N) is 1. The molecular formula is C11H22N2O2. The second-order valence-electron chi connectivity index (χ2n) is 3.78. The zero-order valence-electron chi connectivity index (χ0n) is 9.79. The average molecular weight is 214 g/mol. The van der Waals surface area contributed by atoms with Crippen molar-refractivity contribution in [3.05, 3.63) is 0 Å². The summed E-state index contributed by atoms with van der Waals surface area (Å²) in [6.07, 6.45) is 2.36. The monoisotopic (exact) mass is 214 g/mol. The summed E-state index contributed by atoms with van der Waals surface area (Å²) in [6.45, 7) is 7.45. The first-order chi connectivity index (χ1) is 7.29. The number of carbonyl (C=O) groups excluding carboxylic acids is 1. The van der Waals surface area contributed by atoms with Gasteiger partial charge in [-0.25, -0.2) is 0 Å². The van der Waals surface area contributed by atoms with Crippen LogP contribution < -0.4 is 5.32 Å². The van der Waals surface area contributed by atoms with Gasteiger partial charge in [0.1, 0.15) is 0 Å². The zero-order chi connectivity index (χ0) is 11.1. The molecule has 0 aliphatic heterocycles. The summed E-state index contributed by atoms with van der Waals surface area (Å²) in [7, 11) is 0. The van der Waals surface area contributed by atoms with Crippen LogP contribution in [0.25, 0.3) is 0 Å². The molecule has 4 nitrogen and oxygen atoms in total. The fraction of sp³-hybridized carbons (Fsp3) is 0.909. The van der Waals surface area contributed by atoms with E-state index in [0.717, 1.165) is 19.7 Å². The van der Waals surface area contributed by atoms with Crippen LogP contribution in [0.2, 0.25) is 0 Å². The quantitative estimate of drug-likeness (QED) is 0.602. The van der Waals surface area contributed by atoms with Crippen molar-refractivity contribution in [2.45, 2.75) is 32.7 Å². The molecule has 88 valence electrons. The van der Waals surface area contributed by atoms with Gasteiger partial charge in [-0.15, -0.1) is 0 Å². The van der Waals surface area contributed by atoms with Crippen molar-refractivity contribution < 1.29 is 9.53 Å². The summed E-state index contributed by atoms with van der Waals surface area (Å²) >= 11 is 0. The molecule has 0 heterocycles. The van der Waals surface area contributed by atoms with Gasteiger partial charge >= 0.3 is 0 Å². The summed E-state index contributed by atoms with van der Waals surface area (Å²) in [5.41, 5.74) is 0. The molecule has 0 spiro atoms. The van der Waals surface area contributed by atoms with Gasteiger partial charge in [-0.3, -0.25) is 4.79 Å². The van der Waals surface area contributed by atoms with Crippen molar-refractivity contribution in [1.82, 2.24) is 10.2 Å². The molecule has 0 radical (unpaired) electrons. The van der Waals surface area contributed by atoms with Gasteiger partial charge in [-0.05, 0) is 26.7 Å². The first kappa shape index (κ1) is 12.5. The van der Waals surface area contributed by atoms with Gasteiger partial charge in [0, 0.05) is 25.7 Å². The average Bonchev–Trinajstić information content (AvgIpc) is 3.03. The van der Waals surface area contributed by atoms with Gasteiger partial charge in [-0.2, -0.15) is 0 Å². The molecule has 0 saturated heterocycles. The Bertz CT molecular complexity index is 193. The summed E-state index contributed by atoms with van der Waals surface area (Å²) in [6, 6.07) is 0.524. The molecule has 0 aromatic carbocycles. The number of carbonyl (C=O) groups is 1. The molecule has 1 N–H and O–H groups in total. The van der Waals surface area contributed by atoms with E-state index in [-0.39, 0.29) is 5.91 Å². The fourth-order valence-corrected chi connectivity index (χ4v) is 1.61. The molecule has 1 rings (SSSR count). The lowest BCUT2D eigenvalue weighted by molar-refractivity contribution is -0.130. The Morgan fingerprint density at radius 2 is 2.20 bits per heavy atom. The van der Waals surface area contributed by atoms with Crippen LogP contribution in [0.5, 0.6) is 0 Å². The fourth-order valence-electron chi connectivity index (χ4n) is 1.61. The largest absolute Gasteiger partial charge is 0.380 e. The second kappa shape index (κ2) is 6.80. The molecule has 0 atom stereocenters. The van der Waals surface area contributed by atoms with Gasteiger partial charge in [-0.1, -0.05) is 0 Å². The SMILES string of the molecule is CCOCCNCC(=O)N(CC)C1CC1. The van der Waals surface area contributed by atoms with Crippen molar-refractivity contribution in [3.63, 3.8) is 0 Å². The highest BCUT2D eigenvalue weighted by Crippen LogP contribution is 2.26. The van der Waals surface area contributed by atoms with E-state index in [2.05, 4.69) is 5.32 Å². The van der Waals surface area contributed by atoms with E-state index in [1.54, 1.807) is 0 Å². The predicted octanol–water partition coefficient (Wildman–Crippen LogP) is 0.623. The molecule has 1 aliphatic rings. The van der Waals surface area contributed by atoms with Crippen molar-refractivity contribution in [3.8, 4) is 0 Å². The minimum Gasteiger partial charge on any atom is -0.380 e. The molecule has 0 unspecified atom stereocenters. The van der Waals surface area contributed by atoms with E-state index in [9.17, 15) is 4.79 Å². The van der Waals surface area contributed by atoms with Crippen LogP contribution in [0.1, 0.15) is 26.7 Å². The Morgan fingerprint density at radius 3 is 2.73 bits per heavy atom. The van der Waals surface area contributed by atoms with Crippen LogP contribution in [0.15, 0.2) is 0 Å². The number of likely N-dealkylation sites (N-methyl/N-ethyl adjacent to an activating group) is 1. The number of hydrogen-bond donors (Lipinski definition) is 1. The molecule has 1 amide bonds. The lowest BCUT2D eigenvalue weighted by Gasteiger charge is -2.20. The van der Waals surface area contributed by atoms with Gasteiger partial charge in [0.05, 0.1) is 13.2 Å². The van der Waals surface area contributed by atoms with Gasteiger partial charge in [0.15, 0.2) is 0 Å². The van der Waals surface area contributed by atoms with Crippen LogP contribution in [-0.4, -0.2) is 49.7 Å². The van der Waals surface area contributed by atoms with Crippen LogP contribution in [0.4, 0.5) is 0 Å². The Balaban J connectivity index is 2.06. The molecule has 15 heavy (non-hydrogen) atoms. The highest BCUT2D eigenvalue weighted by molar-refractivity contribution is 5.78. The molecule has 0 aromatic rings. The van der Waals surface area contributed by atoms with E-state index in [0.29, 0.717) is 19.2 Å². The van der Waals surface area contributed by atoms with Crippen molar-refractivity contribution in [1.29, 1.82) is 0 Å². The zero-order valence-corrected chi connectivity index (χ0v) is 9.79. The molecular weight excluding hydrogens is 192 g/mol. The molecule has 1 aliphatic carbocycles. The Labute approximate surface area is 92.0 Å². The standard InChI is InChI=1S/C11H22N2O2/c1-3-13(10-5-6-10)11(14)9-12-7-8-15-4-2/h10,12H,3-9H2,1-2H3. The van der Waals surface area contributed by atoms with E-state index in [4.69, 9.17) is 4.74 Å². The Morgan fingerprint density at radius 1 is 1.47 bits per heavy atom. The summed E-state index contributed by atoms with van der Waals surface area (Å²) in [5.74, 6) is 0.219. The lowest BCUT2D eigenvalue weighted by atomic mass is 10.4. The maximum atomic E-state index is 11.7. The molecule has 1 saturated carbocycles. The third-order valence-corrected chi connectivity index (χ3v) is 2.55. The minimum atomic E-state index is 0.219. The molecule has 4 heteroatoms. The number of ether oxygens (including phenoxy) is 1. The van der Waals surface area contributed by atoms with Crippen LogP contribution in [0.3, 0.4) is 0 Å². The Kier molecular flexibility index (Phi) is 5.65. The van der Waals surface area contributed by atoms with Crippen LogP contribution in [-0.2, 0) is 9.53 Å². The first-order valence-electron chi connectivity index (χ1n) is 5.87. The van der Waals surface area contributed by atoms with E-state index < -0.39 is 0 Å². The predicted molar refractivity (Wildman–Crippen MR) is 59.8 cm³/mol. The minimum absolute atomic E-state index is 0.219. The van der Waals surface area contributed by atoms with Gasteiger partial charge in [0.25, 0.3) is 0 Å². The Hall–Kier alpha value is -0.610. The number of amides is 1. The van der Waals surface area contributed by atoms with Crippen molar-refractivity contribution in [2.24, 2.45) is 0 Å². The summed E-state index contributed by atoms with van der Waals surface area (Å²) in [5, 5.41) is 3.10. The lowest BCUT2D eigenvalue weighted by Crippen LogP contribution is -2.40. The van der Waals surface area contributed by atoms with Gasteiger partial charge in [0.2, 0.25) is 5.91 Å². The molecule has 0 aromatic heterocycles.